The molecule has 1 heterocycles. The second kappa shape index (κ2) is 8.01. The minimum Gasteiger partial charge on any atom is -0.487 e. The Balaban J connectivity index is 0.00000312. The minimum atomic E-state index is -5.65. The minimum absolute atomic E-state index is 0. The Morgan fingerprint density at radius 1 is 1.16 bits per heavy atom. The molecule has 2 aromatic rings. The van der Waals surface area contributed by atoms with E-state index in [1.807, 2.05) is 0 Å². The van der Waals surface area contributed by atoms with Crippen molar-refractivity contribution in [1.29, 1.82) is 0 Å². The predicted octanol–water partition coefficient (Wildman–Crippen LogP) is 3.82. The number of hydrogen-bond donors (Lipinski definition) is 1. The number of benzene rings is 1. The molecule has 0 aliphatic carbocycles. The van der Waals surface area contributed by atoms with E-state index in [0.717, 1.165) is 0 Å². The van der Waals surface area contributed by atoms with Gasteiger partial charge in [-0.3, -0.25) is 4.68 Å². The molecular weight excluding hydrogens is 369 g/mol. The number of ether oxygens (including phenoxy) is 1. The third-order valence-electron chi connectivity index (χ3n) is 3.34. The van der Waals surface area contributed by atoms with Crippen LogP contribution in [0.1, 0.15) is 5.56 Å². The van der Waals surface area contributed by atoms with Crippen LogP contribution in [0.2, 0.25) is 0 Å². The van der Waals surface area contributed by atoms with E-state index in [0.29, 0.717) is 29.8 Å². The molecule has 10 heteroatoms. The van der Waals surface area contributed by atoms with E-state index < -0.39 is 18.7 Å². The average molecular weight is 386 g/mol. The number of aromatic nitrogens is 2. The summed E-state index contributed by atoms with van der Waals surface area (Å²) in [4.78, 5) is 0. The molecule has 1 aromatic heterocycles. The highest BCUT2D eigenvalue weighted by molar-refractivity contribution is 5.85. The maximum absolute atomic E-state index is 13.0. The standard InChI is InChI=1S/C15H16F5N3O.ClH/c1-10-2-3-11(12-7-22-23(8-12)5-4-21)6-13(10)24-9-14(16,17)15(18,19)20;/h2-3,6-8H,4-5,9,21H2,1H3;1H. The van der Waals surface area contributed by atoms with Crippen LogP contribution >= 0.6 is 12.4 Å². The fraction of sp³-hybridized carbons (Fsp3) is 0.400. The largest absolute Gasteiger partial charge is 0.487 e. The van der Waals surface area contributed by atoms with Crippen LogP contribution in [0.5, 0.6) is 5.75 Å². The van der Waals surface area contributed by atoms with Gasteiger partial charge in [-0.25, -0.2) is 0 Å². The fourth-order valence-corrected chi connectivity index (χ4v) is 1.95. The predicted molar refractivity (Wildman–Crippen MR) is 85.2 cm³/mol. The first-order valence-corrected chi connectivity index (χ1v) is 7.05. The van der Waals surface area contributed by atoms with E-state index in [4.69, 9.17) is 10.5 Å². The number of nitrogens with zero attached hydrogens (tertiary/aromatic N) is 2. The van der Waals surface area contributed by atoms with Crippen molar-refractivity contribution < 1.29 is 26.7 Å². The van der Waals surface area contributed by atoms with Crippen molar-refractivity contribution in [3.8, 4) is 16.9 Å². The van der Waals surface area contributed by atoms with Gasteiger partial charge in [-0.05, 0) is 24.1 Å². The van der Waals surface area contributed by atoms with Crippen molar-refractivity contribution in [2.75, 3.05) is 13.2 Å². The summed E-state index contributed by atoms with van der Waals surface area (Å²) in [6.45, 7) is 0.693. The number of halogens is 6. The molecule has 0 bridgehead atoms. The van der Waals surface area contributed by atoms with Gasteiger partial charge in [0.1, 0.15) is 5.75 Å². The van der Waals surface area contributed by atoms with Crippen molar-refractivity contribution in [3.05, 3.63) is 36.2 Å². The summed E-state index contributed by atoms with van der Waals surface area (Å²) >= 11 is 0. The summed E-state index contributed by atoms with van der Waals surface area (Å²) in [6.07, 6.45) is -2.40. The van der Waals surface area contributed by atoms with Crippen molar-refractivity contribution in [1.82, 2.24) is 9.78 Å². The maximum atomic E-state index is 13.0. The quantitative estimate of drug-likeness (QED) is 0.769. The van der Waals surface area contributed by atoms with Crippen molar-refractivity contribution >= 4 is 12.4 Å². The lowest BCUT2D eigenvalue weighted by Gasteiger charge is -2.20. The van der Waals surface area contributed by atoms with Gasteiger partial charge < -0.3 is 10.5 Å². The van der Waals surface area contributed by atoms with E-state index >= 15 is 0 Å². The Bertz CT molecular complexity index is 703. The molecule has 1 aromatic carbocycles. The molecule has 2 N–H and O–H groups in total. The van der Waals surface area contributed by atoms with Gasteiger partial charge in [-0.1, -0.05) is 12.1 Å². The smallest absolute Gasteiger partial charge is 0.456 e. The Hall–Kier alpha value is -1.87. The lowest BCUT2D eigenvalue weighted by molar-refractivity contribution is -0.290. The molecule has 0 aliphatic rings. The van der Waals surface area contributed by atoms with E-state index in [1.54, 1.807) is 36.1 Å². The highest BCUT2D eigenvalue weighted by Crippen LogP contribution is 2.36. The van der Waals surface area contributed by atoms with Crippen molar-refractivity contribution in [2.45, 2.75) is 25.6 Å². The molecule has 0 unspecified atom stereocenters. The second-order valence-corrected chi connectivity index (χ2v) is 5.25. The molecule has 0 radical (unpaired) electrons. The number of aryl methyl sites for hydroxylation is 1. The number of nitrogens with two attached hydrogens (primary N) is 1. The summed E-state index contributed by atoms with van der Waals surface area (Å²) in [5.41, 5.74) is 7.14. The number of alkyl halides is 5. The highest BCUT2D eigenvalue weighted by atomic mass is 35.5. The summed E-state index contributed by atoms with van der Waals surface area (Å²) in [5, 5.41) is 4.08. The molecule has 0 spiro atoms. The molecule has 0 saturated carbocycles. The van der Waals surface area contributed by atoms with Crippen LogP contribution in [-0.4, -0.2) is 35.0 Å². The molecular formula is C15H17ClF5N3O. The first-order chi connectivity index (χ1) is 11.1. The topological polar surface area (TPSA) is 53.1 Å². The van der Waals surface area contributed by atoms with Crippen LogP contribution in [0.15, 0.2) is 30.6 Å². The molecule has 2 rings (SSSR count). The zero-order valence-corrected chi connectivity index (χ0v) is 14.0. The van der Waals surface area contributed by atoms with Gasteiger partial charge in [0.05, 0.1) is 12.7 Å². The zero-order chi connectivity index (χ0) is 18.0. The average Bonchev–Trinajstić information content (AvgIpc) is 2.94. The molecule has 140 valence electrons. The van der Waals surface area contributed by atoms with Crippen LogP contribution in [0.4, 0.5) is 22.0 Å². The fourth-order valence-electron chi connectivity index (χ4n) is 1.95. The molecule has 0 amide bonds. The third kappa shape index (κ3) is 5.05. The van der Waals surface area contributed by atoms with Gasteiger partial charge in [0.15, 0.2) is 6.61 Å². The lowest BCUT2D eigenvalue weighted by Crippen LogP contribution is -2.41. The molecule has 25 heavy (non-hydrogen) atoms. The third-order valence-corrected chi connectivity index (χ3v) is 3.34. The summed E-state index contributed by atoms with van der Waals surface area (Å²) < 4.78 is 68.9. The summed E-state index contributed by atoms with van der Waals surface area (Å²) in [6, 6.07) is 4.69. The Kier molecular flexibility index (Phi) is 6.78. The van der Waals surface area contributed by atoms with Crippen LogP contribution in [0.3, 0.4) is 0 Å². The Morgan fingerprint density at radius 3 is 2.44 bits per heavy atom. The van der Waals surface area contributed by atoms with Gasteiger partial charge in [0, 0.05) is 18.3 Å². The van der Waals surface area contributed by atoms with E-state index in [2.05, 4.69) is 5.10 Å². The molecule has 0 aliphatic heterocycles. The summed E-state index contributed by atoms with van der Waals surface area (Å²) in [5.74, 6) is -4.95. The number of hydrogen-bond acceptors (Lipinski definition) is 3. The van der Waals surface area contributed by atoms with Gasteiger partial charge in [-0.15, -0.1) is 12.4 Å². The molecule has 0 atom stereocenters. The molecule has 0 fully saturated rings. The second-order valence-electron chi connectivity index (χ2n) is 5.25. The van der Waals surface area contributed by atoms with Crippen LogP contribution in [0.25, 0.3) is 11.1 Å². The number of rotatable bonds is 6. The monoisotopic (exact) mass is 385 g/mol. The zero-order valence-electron chi connectivity index (χ0n) is 13.2. The van der Waals surface area contributed by atoms with E-state index in [1.165, 1.54) is 6.07 Å². The van der Waals surface area contributed by atoms with Crippen molar-refractivity contribution in [2.24, 2.45) is 5.73 Å². The van der Waals surface area contributed by atoms with Crippen LogP contribution < -0.4 is 10.5 Å². The van der Waals surface area contributed by atoms with Gasteiger partial charge in [-0.2, -0.15) is 27.1 Å². The Labute approximate surface area is 147 Å². The first-order valence-electron chi connectivity index (χ1n) is 7.05. The van der Waals surface area contributed by atoms with Gasteiger partial charge >= 0.3 is 12.1 Å². The van der Waals surface area contributed by atoms with Crippen LogP contribution in [-0.2, 0) is 6.54 Å². The molecule has 4 nitrogen and oxygen atoms in total. The SMILES string of the molecule is Cc1ccc(-c2cnn(CCN)c2)cc1OCC(F)(F)C(F)(F)F.Cl. The first kappa shape index (κ1) is 21.2. The van der Waals surface area contributed by atoms with E-state index in [-0.39, 0.29) is 18.2 Å². The maximum Gasteiger partial charge on any atom is 0.456 e. The normalized spacial score (nSPS) is 12.0. The highest BCUT2D eigenvalue weighted by Gasteiger charge is 2.58. The van der Waals surface area contributed by atoms with Crippen molar-refractivity contribution in [3.63, 3.8) is 0 Å². The van der Waals surface area contributed by atoms with Crippen LogP contribution in [0, 0.1) is 6.92 Å². The van der Waals surface area contributed by atoms with Gasteiger partial charge in [0.2, 0.25) is 0 Å². The van der Waals surface area contributed by atoms with E-state index in [9.17, 15) is 22.0 Å². The summed E-state index contributed by atoms with van der Waals surface area (Å²) in [7, 11) is 0. The lowest BCUT2D eigenvalue weighted by atomic mass is 10.1. The Morgan fingerprint density at radius 2 is 1.84 bits per heavy atom. The molecule has 0 saturated heterocycles. The van der Waals surface area contributed by atoms with Gasteiger partial charge in [0.25, 0.3) is 0 Å².